The van der Waals surface area contributed by atoms with Gasteiger partial charge in [0.15, 0.2) is 0 Å². The third-order valence-corrected chi connectivity index (χ3v) is 3.59. The van der Waals surface area contributed by atoms with Gasteiger partial charge in [-0.1, -0.05) is 11.6 Å². The van der Waals surface area contributed by atoms with Crippen molar-refractivity contribution in [2.75, 3.05) is 6.54 Å². The van der Waals surface area contributed by atoms with Crippen LogP contribution >= 0.6 is 0 Å². The van der Waals surface area contributed by atoms with Crippen LogP contribution in [0.1, 0.15) is 52.9 Å². The lowest BCUT2D eigenvalue weighted by Gasteiger charge is -2.24. The molecule has 1 atom stereocenters. The molecule has 106 valence electrons. The summed E-state index contributed by atoms with van der Waals surface area (Å²) in [7, 11) is 0. The third-order valence-electron chi connectivity index (χ3n) is 3.59. The minimum Gasteiger partial charge on any atom is -0.443 e. The lowest BCUT2D eigenvalue weighted by Crippen LogP contribution is -2.37. The first-order chi connectivity index (χ1) is 8.87. The van der Waals surface area contributed by atoms with Crippen molar-refractivity contribution in [2.24, 2.45) is 5.92 Å². The zero-order valence-electron chi connectivity index (χ0n) is 12.1. The Morgan fingerprint density at radius 2 is 2.11 bits per heavy atom. The number of amides is 2. The van der Waals surface area contributed by atoms with E-state index in [1.54, 1.807) is 0 Å². The number of nitrogens with zero attached hydrogens (tertiary/aromatic N) is 1. The maximum Gasteiger partial charge on any atom is 0.417 e. The molecule has 0 unspecified atom stereocenters. The van der Waals surface area contributed by atoms with Gasteiger partial charge in [0, 0.05) is 18.9 Å². The van der Waals surface area contributed by atoms with Crippen molar-refractivity contribution >= 4 is 12.0 Å². The van der Waals surface area contributed by atoms with E-state index >= 15 is 0 Å². The minimum atomic E-state index is -0.556. The number of imide groups is 1. The van der Waals surface area contributed by atoms with Crippen LogP contribution in [0.2, 0.25) is 0 Å². The molecular weight excluding hydrogens is 242 g/mol. The Bertz CT molecular complexity index is 406. The van der Waals surface area contributed by atoms with Crippen LogP contribution in [0.4, 0.5) is 4.79 Å². The standard InChI is InChI=1S/C15H23NO3/c1-15(2,3)19-14(18)16-10-12(9-13(16)17)11-7-5-4-6-8-11/h7,12H,4-6,8-10H2,1-3H3/t12-/m0/s1. The molecule has 0 aromatic rings. The van der Waals surface area contributed by atoms with Crippen molar-refractivity contribution in [3.05, 3.63) is 11.6 Å². The number of hydrogen-bond donors (Lipinski definition) is 0. The highest BCUT2D eigenvalue weighted by molar-refractivity contribution is 5.94. The molecule has 19 heavy (non-hydrogen) atoms. The second-order valence-electron chi connectivity index (χ2n) is 6.41. The molecule has 1 fully saturated rings. The highest BCUT2D eigenvalue weighted by Crippen LogP contribution is 2.32. The fourth-order valence-electron chi connectivity index (χ4n) is 2.68. The first kappa shape index (κ1) is 14.1. The van der Waals surface area contributed by atoms with Crippen molar-refractivity contribution < 1.29 is 14.3 Å². The molecule has 0 aromatic heterocycles. The molecule has 0 saturated carbocycles. The van der Waals surface area contributed by atoms with Gasteiger partial charge in [-0.2, -0.15) is 0 Å². The normalized spacial score (nSPS) is 24.4. The summed E-state index contributed by atoms with van der Waals surface area (Å²) in [5, 5.41) is 0. The summed E-state index contributed by atoms with van der Waals surface area (Å²) in [5.74, 6) is 0.103. The van der Waals surface area contributed by atoms with Crippen LogP contribution in [0.3, 0.4) is 0 Å². The highest BCUT2D eigenvalue weighted by atomic mass is 16.6. The van der Waals surface area contributed by atoms with Crippen LogP contribution in [0.5, 0.6) is 0 Å². The number of rotatable bonds is 1. The van der Waals surface area contributed by atoms with Crippen molar-refractivity contribution in [3.8, 4) is 0 Å². The molecule has 1 aliphatic heterocycles. The fourth-order valence-corrected chi connectivity index (χ4v) is 2.68. The van der Waals surface area contributed by atoms with Crippen molar-refractivity contribution in [1.29, 1.82) is 0 Å². The Morgan fingerprint density at radius 1 is 1.37 bits per heavy atom. The van der Waals surface area contributed by atoms with Gasteiger partial charge in [-0.15, -0.1) is 0 Å². The van der Waals surface area contributed by atoms with E-state index in [0.29, 0.717) is 13.0 Å². The van der Waals surface area contributed by atoms with Gasteiger partial charge in [0.1, 0.15) is 5.60 Å². The molecule has 1 heterocycles. The SMILES string of the molecule is CC(C)(C)OC(=O)N1C[C@@H](C2=CCCCC2)CC1=O. The van der Waals surface area contributed by atoms with E-state index in [4.69, 9.17) is 4.74 Å². The zero-order valence-corrected chi connectivity index (χ0v) is 12.1. The molecule has 1 aliphatic carbocycles. The van der Waals surface area contributed by atoms with E-state index < -0.39 is 11.7 Å². The summed E-state index contributed by atoms with van der Waals surface area (Å²) in [6.45, 7) is 5.92. The average molecular weight is 265 g/mol. The largest absolute Gasteiger partial charge is 0.443 e. The predicted octanol–water partition coefficient (Wildman–Crippen LogP) is 3.27. The summed E-state index contributed by atoms with van der Waals surface area (Å²) < 4.78 is 5.27. The van der Waals surface area contributed by atoms with Crippen LogP contribution in [0.25, 0.3) is 0 Å². The third kappa shape index (κ3) is 3.58. The first-order valence-electron chi connectivity index (χ1n) is 7.09. The maximum atomic E-state index is 12.0. The van der Waals surface area contributed by atoms with E-state index in [2.05, 4.69) is 6.08 Å². The molecule has 4 heteroatoms. The second-order valence-corrected chi connectivity index (χ2v) is 6.41. The number of allylic oxidation sites excluding steroid dienone is 1. The molecule has 0 radical (unpaired) electrons. The molecule has 0 spiro atoms. The monoisotopic (exact) mass is 265 g/mol. The van der Waals surface area contributed by atoms with Gasteiger partial charge in [0.05, 0.1) is 0 Å². The van der Waals surface area contributed by atoms with E-state index in [9.17, 15) is 9.59 Å². The summed E-state index contributed by atoms with van der Waals surface area (Å²) in [6, 6.07) is 0. The van der Waals surface area contributed by atoms with Crippen LogP contribution < -0.4 is 0 Å². The van der Waals surface area contributed by atoms with E-state index in [1.165, 1.54) is 23.3 Å². The number of carbonyl (C=O) groups excluding carboxylic acids is 2. The van der Waals surface area contributed by atoms with Crippen molar-refractivity contribution in [1.82, 2.24) is 4.90 Å². The van der Waals surface area contributed by atoms with Gasteiger partial charge in [0.2, 0.25) is 5.91 Å². The number of likely N-dealkylation sites (tertiary alicyclic amines) is 1. The molecule has 4 nitrogen and oxygen atoms in total. The predicted molar refractivity (Wildman–Crippen MR) is 72.6 cm³/mol. The van der Waals surface area contributed by atoms with Crippen molar-refractivity contribution in [3.63, 3.8) is 0 Å². The first-order valence-corrected chi connectivity index (χ1v) is 7.09. The smallest absolute Gasteiger partial charge is 0.417 e. The Kier molecular flexibility index (Phi) is 3.97. The summed E-state index contributed by atoms with van der Waals surface area (Å²) in [5.41, 5.74) is 0.796. The Balaban J connectivity index is 1.99. The van der Waals surface area contributed by atoms with Crippen LogP contribution in [0, 0.1) is 5.92 Å². The lowest BCUT2D eigenvalue weighted by molar-refractivity contribution is -0.127. The molecular formula is C15H23NO3. The van der Waals surface area contributed by atoms with Crippen LogP contribution in [-0.2, 0) is 9.53 Å². The Morgan fingerprint density at radius 3 is 2.68 bits per heavy atom. The van der Waals surface area contributed by atoms with Gasteiger partial charge in [0.25, 0.3) is 0 Å². The number of hydrogen-bond acceptors (Lipinski definition) is 3. The Hall–Kier alpha value is -1.32. The van der Waals surface area contributed by atoms with Crippen molar-refractivity contribution in [2.45, 2.75) is 58.5 Å². The lowest BCUT2D eigenvalue weighted by atomic mass is 9.89. The average Bonchev–Trinajstić information content (AvgIpc) is 2.70. The summed E-state index contributed by atoms with van der Waals surface area (Å²) >= 11 is 0. The molecule has 0 N–H and O–H groups in total. The summed E-state index contributed by atoms with van der Waals surface area (Å²) in [4.78, 5) is 25.2. The molecule has 2 rings (SSSR count). The summed E-state index contributed by atoms with van der Waals surface area (Å²) in [6.07, 6.45) is 6.80. The van der Waals surface area contributed by atoms with E-state index in [-0.39, 0.29) is 11.8 Å². The van der Waals surface area contributed by atoms with Gasteiger partial charge < -0.3 is 4.74 Å². The number of ether oxygens (including phenoxy) is 1. The molecule has 2 aliphatic rings. The van der Waals surface area contributed by atoms with Gasteiger partial charge in [-0.05, 0) is 46.5 Å². The van der Waals surface area contributed by atoms with Gasteiger partial charge in [-0.25, -0.2) is 9.69 Å². The minimum absolute atomic E-state index is 0.106. The second kappa shape index (κ2) is 5.35. The van der Waals surface area contributed by atoms with Gasteiger partial charge >= 0.3 is 6.09 Å². The van der Waals surface area contributed by atoms with E-state index in [1.807, 2.05) is 20.8 Å². The topological polar surface area (TPSA) is 46.6 Å². The fraction of sp³-hybridized carbons (Fsp3) is 0.733. The Labute approximate surface area is 114 Å². The number of carbonyl (C=O) groups is 2. The van der Waals surface area contributed by atoms with Crippen LogP contribution in [-0.4, -0.2) is 29.0 Å². The quantitative estimate of drug-likeness (QED) is 0.684. The maximum absolute atomic E-state index is 12.0. The van der Waals surface area contributed by atoms with E-state index in [0.717, 1.165) is 12.8 Å². The molecule has 0 bridgehead atoms. The van der Waals surface area contributed by atoms with Gasteiger partial charge in [-0.3, -0.25) is 4.79 Å². The highest BCUT2D eigenvalue weighted by Gasteiger charge is 2.37. The molecule has 1 saturated heterocycles. The zero-order chi connectivity index (χ0) is 14.0. The van der Waals surface area contributed by atoms with Crippen LogP contribution in [0.15, 0.2) is 11.6 Å². The molecule has 0 aromatic carbocycles. The molecule has 2 amide bonds.